The molecule has 1 aliphatic heterocycles. The van der Waals surface area contributed by atoms with E-state index in [-0.39, 0.29) is 11.9 Å². The number of halogens is 1. The van der Waals surface area contributed by atoms with E-state index >= 15 is 0 Å². The lowest BCUT2D eigenvalue weighted by atomic mass is 10.2. The van der Waals surface area contributed by atoms with E-state index in [1.807, 2.05) is 20.8 Å². The van der Waals surface area contributed by atoms with Crippen molar-refractivity contribution >= 4 is 6.09 Å². The summed E-state index contributed by atoms with van der Waals surface area (Å²) in [6.45, 7) is 6.33. The number of amides is 1. The molecule has 6 heteroatoms. The van der Waals surface area contributed by atoms with Crippen LogP contribution in [0.3, 0.4) is 0 Å². The molecular weight excluding hydrogens is 297 g/mol. The maximum atomic E-state index is 13.0. The second-order valence-electron chi connectivity index (χ2n) is 6.51. The van der Waals surface area contributed by atoms with Gasteiger partial charge in [0.15, 0.2) is 5.82 Å². The van der Waals surface area contributed by atoms with Crippen LogP contribution in [0.4, 0.5) is 9.18 Å². The van der Waals surface area contributed by atoms with Crippen LogP contribution in [0.25, 0.3) is 11.4 Å². The van der Waals surface area contributed by atoms with Crippen LogP contribution in [0, 0.1) is 5.82 Å². The van der Waals surface area contributed by atoms with Gasteiger partial charge in [-0.2, -0.15) is 0 Å². The van der Waals surface area contributed by atoms with Gasteiger partial charge in [-0.3, -0.25) is 4.90 Å². The molecule has 0 bridgehead atoms. The number of hydrogen-bond acceptors (Lipinski definition) is 4. The number of carbonyl (C=O) groups excluding carboxylic acids is 1. The SMILES string of the molecule is CC(C)(C)OC(=O)N1Cc2cnc(-c3ccc(F)cc3)nc2C1. The van der Waals surface area contributed by atoms with E-state index in [1.54, 1.807) is 23.2 Å². The predicted molar refractivity (Wildman–Crippen MR) is 82.9 cm³/mol. The maximum absolute atomic E-state index is 13.0. The molecule has 1 amide bonds. The summed E-state index contributed by atoms with van der Waals surface area (Å²) in [6.07, 6.45) is 1.35. The Morgan fingerprint density at radius 2 is 1.91 bits per heavy atom. The molecule has 23 heavy (non-hydrogen) atoms. The Morgan fingerprint density at radius 1 is 1.22 bits per heavy atom. The number of fused-ring (bicyclic) bond motifs is 1. The Morgan fingerprint density at radius 3 is 2.57 bits per heavy atom. The Bertz CT molecular complexity index is 738. The van der Waals surface area contributed by atoms with Crippen molar-refractivity contribution < 1.29 is 13.9 Å². The van der Waals surface area contributed by atoms with Crippen molar-refractivity contribution in [3.8, 4) is 11.4 Å². The van der Waals surface area contributed by atoms with E-state index < -0.39 is 5.60 Å². The lowest BCUT2D eigenvalue weighted by molar-refractivity contribution is 0.0240. The molecule has 0 unspecified atom stereocenters. The molecular formula is C17H18FN3O2. The van der Waals surface area contributed by atoms with Gasteiger partial charge in [0, 0.05) is 17.3 Å². The largest absolute Gasteiger partial charge is 0.444 e. The normalized spacial score (nSPS) is 13.8. The van der Waals surface area contributed by atoms with Crippen LogP contribution in [0.5, 0.6) is 0 Å². The summed E-state index contributed by atoms with van der Waals surface area (Å²) in [4.78, 5) is 22.5. The first kappa shape index (κ1) is 15.4. The first-order chi connectivity index (χ1) is 10.8. The fourth-order valence-corrected chi connectivity index (χ4v) is 2.35. The van der Waals surface area contributed by atoms with E-state index in [2.05, 4.69) is 9.97 Å². The first-order valence-corrected chi connectivity index (χ1v) is 7.40. The third kappa shape index (κ3) is 3.47. The molecule has 1 aromatic heterocycles. The third-order valence-corrected chi connectivity index (χ3v) is 3.41. The summed E-state index contributed by atoms with van der Waals surface area (Å²) < 4.78 is 18.4. The number of aromatic nitrogens is 2. The van der Waals surface area contributed by atoms with E-state index in [0.29, 0.717) is 18.9 Å². The zero-order valence-corrected chi connectivity index (χ0v) is 13.3. The second-order valence-corrected chi connectivity index (χ2v) is 6.51. The van der Waals surface area contributed by atoms with E-state index in [0.717, 1.165) is 16.8 Å². The van der Waals surface area contributed by atoms with Gasteiger partial charge in [-0.05, 0) is 45.0 Å². The first-order valence-electron chi connectivity index (χ1n) is 7.40. The minimum Gasteiger partial charge on any atom is -0.444 e. The van der Waals surface area contributed by atoms with Gasteiger partial charge in [-0.25, -0.2) is 19.2 Å². The molecule has 120 valence electrons. The Balaban J connectivity index is 1.78. The van der Waals surface area contributed by atoms with Crippen molar-refractivity contribution in [2.75, 3.05) is 0 Å². The van der Waals surface area contributed by atoms with Gasteiger partial charge in [0.05, 0.1) is 18.8 Å². The van der Waals surface area contributed by atoms with Gasteiger partial charge in [0.1, 0.15) is 11.4 Å². The van der Waals surface area contributed by atoms with Gasteiger partial charge >= 0.3 is 6.09 Å². The highest BCUT2D eigenvalue weighted by molar-refractivity contribution is 5.69. The average molecular weight is 315 g/mol. The summed E-state index contributed by atoms with van der Waals surface area (Å²) in [5, 5.41) is 0. The summed E-state index contributed by atoms with van der Waals surface area (Å²) in [5.41, 5.74) is 1.91. The van der Waals surface area contributed by atoms with Gasteiger partial charge in [0.25, 0.3) is 0 Å². The molecule has 0 atom stereocenters. The number of ether oxygens (including phenoxy) is 1. The minimum atomic E-state index is -0.531. The van der Waals surface area contributed by atoms with Gasteiger partial charge in [0.2, 0.25) is 0 Å². The Hall–Kier alpha value is -2.50. The molecule has 2 heterocycles. The summed E-state index contributed by atoms with van der Waals surface area (Å²) in [5.74, 6) is 0.223. The zero-order chi connectivity index (χ0) is 16.6. The summed E-state index contributed by atoms with van der Waals surface area (Å²) in [7, 11) is 0. The summed E-state index contributed by atoms with van der Waals surface area (Å²) >= 11 is 0. The standard InChI is InChI=1S/C17H18FN3O2/c1-17(2,3)23-16(22)21-9-12-8-19-15(20-14(12)10-21)11-4-6-13(18)7-5-11/h4-8H,9-10H2,1-3H3. The highest BCUT2D eigenvalue weighted by Crippen LogP contribution is 2.25. The molecule has 0 fully saturated rings. The topological polar surface area (TPSA) is 55.3 Å². The Labute approximate surface area is 134 Å². The van der Waals surface area contributed by atoms with Crippen molar-refractivity contribution in [1.82, 2.24) is 14.9 Å². The molecule has 1 aromatic carbocycles. The maximum Gasteiger partial charge on any atom is 0.410 e. The second kappa shape index (κ2) is 5.61. The molecule has 0 N–H and O–H groups in total. The van der Waals surface area contributed by atoms with E-state index in [9.17, 15) is 9.18 Å². The molecule has 3 rings (SSSR count). The Kier molecular flexibility index (Phi) is 3.75. The molecule has 0 radical (unpaired) electrons. The number of benzene rings is 1. The lowest BCUT2D eigenvalue weighted by Gasteiger charge is -2.23. The van der Waals surface area contributed by atoms with Crippen LogP contribution >= 0.6 is 0 Å². The third-order valence-electron chi connectivity index (χ3n) is 3.41. The molecule has 2 aromatic rings. The fourth-order valence-electron chi connectivity index (χ4n) is 2.35. The van der Waals surface area contributed by atoms with Gasteiger partial charge in [-0.1, -0.05) is 0 Å². The van der Waals surface area contributed by atoms with Crippen molar-refractivity contribution in [2.45, 2.75) is 39.5 Å². The molecule has 1 aliphatic rings. The number of carbonyl (C=O) groups is 1. The van der Waals surface area contributed by atoms with Crippen LogP contribution < -0.4 is 0 Å². The van der Waals surface area contributed by atoms with Crippen LogP contribution in [0.15, 0.2) is 30.5 Å². The summed E-state index contributed by atoms with van der Waals surface area (Å²) in [6, 6.07) is 6.02. The average Bonchev–Trinajstić information content (AvgIpc) is 2.89. The van der Waals surface area contributed by atoms with E-state index in [1.165, 1.54) is 12.1 Å². The van der Waals surface area contributed by atoms with Gasteiger partial charge < -0.3 is 4.74 Å². The highest BCUT2D eigenvalue weighted by Gasteiger charge is 2.29. The van der Waals surface area contributed by atoms with E-state index in [4.69, 9.17) is 4.74 Å². The zero-order valence-electron chi connectivity index (χ0n) is 13.3. The van der Waals surface area contributed by atoms with Crippen molar-refractivity contribution in [1.29, 1.82) is 0 Å². The number of nitrogens with zero attached hydrogens (tertiary/aromatic N) is 3. The van der Waals surface area contributed by atoms with Crippen molar-refractivity contribution in [2.24, 2.45) is 0 Å². The predicted octanol–water partition coefficient (Wildman–Crippen LogP) is 3.53. The number of hydrogen-bond donors (Lipinski definition) is 0. The molecule has 0 saturated carbocycles. The molecule has 0 aliphatic carbocycles. The van der Waals surface area contributed by atoms with Crippen LogP contribution in [-0.2, 0) is 17.8 Å². The monoisotopic (exact) mass is 315 g/mol. The minimum absolute atomic E-state index is 0.300. The quantitative estimate of drug-likeness (QED) is 0.808. The van der Waals surface area contributed by atoms with Crippen LogP contribution in [0.1, 0.15) is 32.0 Å². The number of rotatable bonds is 1. The van der Waals surface area contributed by atoms with Crippen molar-refractivity contribution in [3.05, 3.63) is 47.5 Å². The van der Waals surface area contributed by atoms with Gasteiger partial charge in [-0.15, -0.1) is 0 Å². The fraction of sp³-hybridized carbons (Fsp3) is 0.353. The van der Waals surface area contributed by atoms with Crippen LogP contribution in [0.2, 0.25) is 0 Å². The highest BCUT2D eigenvalue weighted by atomic mass is 19.1. The lowest BCUT2D eigenvalue weighted by Crippen LogP contribution is -2.33. The molecule has 0 saturated heterocycles. The van der Waals surface area contributed by atoms with Crippen LogP contribution in [-0.4, -0.2) is 26.6 Å². The molecule has 5 nitrogen and oxygen atoms in total. The molecule has 0 spiro atoms. The smallest absolute Gasteiger partial charge is 0.410 e. The van der Waals surface area contributed by atoms with Crippen molar-refractivity contribution in [3.63, 3.8) is 0 Å².